The van der Waals surface area contributed by atoms with Gasteiger partial charge in [-0.2, -0.15) is 5.10 Å². The van der Waals surface area contributed by atoms with Crippen molar-refractivity contribution in [3.05, 3.63) is 89.8 Å². The van der Waals surface area contributed by atoms with Crippen molar-refractivity contribution in [1.82, 2.24) is 24.2 Å². The first-order valence-corrected chi connectivity index (χ1v) is 21.0. The van der Waals surface area contributed by atoms with Crippen molar-refractivity contribution in [2.75, 3.05) is 44.2 Å². The Morgan fingerprint density at radius 3 is 2.52 bits per heavy atom. The van der Waals surface area contributed by atoms with Crippen LogP contribution in [0.25, 0.3) is 33.3 Å². The van der Waals surface area contributed by atoms with E-state index in [4.69, 9.17) is 9.72 Å². The molecule has 7 rings (SSSR count). The first-order chi connectivity index (χ1) is 23.2. The minimum atomic E-state index is -1.16. The zero-order chi connectivity index (χ0) is 33.3. The number of benzene rings is 2. The van der Waals surface area contributed by atoms with E-state index in [-0.39, 0.29) is 5.56 Å². The minimum Gasteiger partial charge on any atom is -0.478 e. The molecule has 1 N–H and O–H groups in total. The average molecular weight is 663 g/mol. The lowest BCUT2D eigenvalue weighted by molar-refractivity contribution is 0.0696. The number of aromatic nitrogens is 4. The summed E-state index contributed by atoms with van der Waals surface area (Å²) in [5, 5.41) is 15.8. The number of fused-ring (bicyclic) bond motifs is 2. The molecule has 0 atom stereocenters. The molecule has 1 saturated heterocycles. The summed E-state index contributed by atoms with van der Waals surface area (Å²) >= 11 is 0. The molecule has 0 unspecified atom stereocenters. The maximum atomic E-state index is 12.4. The Hall–Kier alpha value is -4.25. The smallest absolute Gasteiger partial charge is 0.337 e. The Balaban J connectivity index is 1.09. The molecule has 48 heavy (non-hydrogen) atoms. The molecule has 9 nitrogen and oxygen atoms in total. The lowest BCUT2D eigenvalue weighted by Crippen LogP contribution is -2.47. The number of hydrogen-bond donors (Lipinski definition) is 1. The number of ether oxygens (including phenoxy) is 1. The zero-order valence-electron chi connectivity index (χ0n) is 28.4. The summed E-state index contributed by atoms with van der Waals surface area (Å²) in [5.41, 5.74) is 8.60. The van der Waals surface area contributed by atoms with E-state index in [1.54, 1.807) is 28.1 Å². The highest BCUT2D eigenvalue weighted by molar-refractivity contribution is 6.76. The number of carboxylic acids is 1. The van der Waals surface area contributed by atoms with Crippen LogP contribution in [-0.4, -0.2) is 82.7 Å². The average Bonchev–Trinajstić information content (AvgIpc) is 3.69. The summed E-state index contributed by atoms with van der Waals surface area (Å²) in [5.74, 6) is -0.976. The van der Waals surface area contributed by atoms with E-state index in [1.807, 2.05) is 35.0 Å². The maximum absolute atomic E-state index is 12.4. The summed E-state index contributed by atoms with van der Waals surface area (Å²) in [6, 6.07) is 21.7. The number of pyridine rings is 1. The summed E-state index contributed by atoms with van der Waals surface area (Å²) < 4.78 is 9.74. The van der Waals surface area contributed by atoms with E-state index in [9.17, 15) is 9.90 Å². The molecule has 0 amide bonds. The molecule has 2 aliphatic rings. The van der Waals surface area contributed by atoms with Crippen molar-refractivity contribution in [1.29, 1.82) is 0 Å². The Labute approximate surface area is 283 Å². The quantitative estimate of drug-likeness (QED) is 0.116. The lowest BCUT2D eigenvalue weighted by Gasteiger charge is -2.37. The highest BCUT2D eigenvalue weighted by atomic mass is 28.3. The number of carbonyl (C=O) groups is 1. The van der Waals surface area contributed by atoms with E-state index in [2.05, 4.69) is 64.9 Å². The molecule has 0 radical (unpaired) electrons. The van der Waals surface area contributed by atoms with Gasteiger partial charge >= 0.3 is 5.97 Å². The number of aromatic carboxylic acids is 1. The summed E-state index contributed by atoms with van der Waals surface area (Å²) in [4.78, 5) is 22.3. The third-order valence-electron chi connectivity index (χ3n) is 9.79. The van der Waals surface area contributed by atoms with Crippen LogP contribution >= 0.6 is 0 Å². The standard InChI is InChI=1S/C38H46N6O3Si/c1-48(2,3)22-21-47-27-43-16-15-29-23-36-34(40-37(29)43)25-39-44(36)35-24-31(13-14-33(35)38(45)46)42-19-17-41(18-20-42)26-30-11-7-8-12-32(30)28-9-5-4-6-10-28/h4-6,9-10,13-16,23-25H,7-8,11-12,17-22,26-27H2,1-3H3,(H,45,46). The predicted octanol–water partition coefficient (Wildman–Crippen LogP) is 7.54. The summed E-state index contributed by atoms with van der Waals surface area (Å²) in [6.07, 6.45) is 8.61. The fraction of sp³-hybridized carbons (Fsp3) is 0.395. The van der Waals surface area contributed by atoms with Crippen LogP contribution in [0.15, 0.2) is 78.6 Å². The van der Waals surface area contributed by atoms with E-state index in [0.29, 0.717) is 17.9 Å². The number of piperazine rings is 1. The van der Waals surface area contributed by atoms with Gasteiger partial charge in [0.2, 0.25) is 0 Å². The van der Waals surface area contributed by atoms with E-state index in [0.717, 1.165) is 67.6 Å². The Bertz CT molecular complexity index is 1950. The van der Waals surface area contributed by atoms with Crippen molar-refractivity contribution in [2.45, 2.75) is 58.1 Å². The van der Waals surface area contributed by atoms with Crippen molar-refractivity contribution in [3.63, 3.8) is 0 Å². The SMILES string of the molecule is C[Si](C)(C)CCOCn1ccc2cc3c(cnn3-c3cc(N4CCN(CC5=C(c6ccccc6)CCCC5)CC4)ccc3C(=O)O)nc21. The van der Waals surface area contributed by atoms with E-state index in [1.165, 1.54) is 31.2 Å². The number of nitrogens with zero attached hydrogens (tertiary/aromatic N) is 6. The number of carboxylic acid groups (broad SMARTS) is 1. The van der Waals surface area contributed by atoms with Crippen molar-refractivity contribution >= 4 is 47.4 Å². The Kier molecular flexibility index (Phi) is 9.22. The van der Waals surface area contributed by atoms with Gasteiger partial charge in [0.25, 0.3) is 0 Å². The van der Waals surface area contributed by atoms with E-state index >= 15 is 0 Å². The fourth-order valence-electron chi connectivity index (χ4n) is 7.03. The van der Waals surface area contributed by atoms with Crippen LogP contribution in [0.2, 0.25) is 25.7 Å². The number of hydrogen-bond acceptors (Lipinski definition) is 6. The summed E-state index contributed by atoms with van der Waals surface area (Å²) in [7, 11) is -1.16. The molecule has 5 aromatic rings. The molecule has 10 heteroatoms. The summed E-state index contributed by atoms with van der Waals surface area (Å²) in [6.45, 7) is 13.0. The highest BCUT2D eigenvalue weighted by Crippen LogP contribution is 2.33. The number of anilines is 1. The molecular weight excluding hydrogens is 617 g/mol. The lowest BCUT2D eigenvalue weighted by atomic mass is 9.87. The molecule has 0 spiro atoms. The third kappa shape index (κ3) is 6.97. The van der Waals surface area contributed by atoms with Gasteiger partial charge in [0, 0.05) is 64.7 Å². The number of allylic oxidation sites excluding steroid dienone is 1. The normalized spacial score (nSPS) is 16.4. The van der Waals surface area contributed by atoms with E-state index < -0.39 is 14.0 Å². The van der Waals surface area contributed by atoms with Gasteiger partial charge in [0.15, 0.2) is 0 Å². The number of rotatable bonds is 11. The molecule has 0 bridgehead atoms. The van der Waals surface area contributed by atoms with Crippen molar-refractivity contribution in [2.24, 2.45) is 0 Å². The van der Waals surface area contributed by atoms with Gasteiger partial charge in [-0.05, 0) is 73.2 Å². The molecule has 0 saturated carbocycles. The molecule has 1 aliphatic heterocycles. The zero-order valence-corrected chi connectivity index (χ0v) is 29.4. The fourth-order valence-corrected chi connectivity index (χ4v) is 7.79. The largest absolute Gasteiger partial charge is 0.478 e. The Morgan fingerprint density at radius 1 is 0.958 bits per heavy atom. The van der Waals surface area contributed by atoms with Gasteiger partial charge in [0.05, 0.1) is 23.0 Å². The first kappa shape index (κ1) is 32.3. The van der Waals surface area contributed by atoms with Crippen molar-refractivity contribution in [3.8, 4) is 5.69 Å². The second-order valence-electron chi connectivity index (χ2n) is 14.4. The molecule has 1 fully saturated rings. The van der Waals surface area contributed by atoms with Gasteiger partial charge in [-0.25, -0.2) is 14.5 Å². The molecule has 3 aromatic heterocycles. The van der Waals surface area contributed by atoms with Crippen molar-refractivity contribution < 1.29 is 14.6 Å². The monoisotopic (exact) mass is 662 g/mol. The molecule has 2 aromatic carbocycles. The van der Waals surface area contributed by atoms with Crippen LogP contribution in [0.3, 0.4) is 0 Å². The van der Waals surface area contributed by atoms with Gasteiger partial charge < -0.3 is 19.3 Å². The van der Waals surface area contributed by atoms with Crippen LogP contribution in [-0.2, 0) is 11.5 Å². The minimum absolute atomic E-state index is 0.216. The second-order valence-corrected chi connectivity index (χ2v) is 20.0. The van der Waals surface area contributed by atoms with Crippen LogP contribution < -0.4 is 4.90 Å². The van der Waals surface area contributed by atoms with Gasteiger partial charge in [-0.15, -0.1) is 0 Å². The highest BCUT2D eigenvalue weighted by Gasteiger charge is 2.24. The first-order valence-electron chi connectivity index (χ1n) is 17.3. The van der Waals surface area contributed by atoms with Crippen LogP contribution in [0.1, 0.15) is 41.6 Å². The molecule has 250 valence electrons. The topological polar surface area (TPSA) is 88.7 Å². The molecular formula is C38H46N6O3Si. The second kappa shape index (κ2) is 13.7. The van der Waals surface area contributed by atoms with Crippen LogP contribution in [0.5, 0.6) is 0 Å². The maximum Gasteiger partial charge on any atom is 0.337 e. The predicted molar refractivity (Wildman–Crippen MR) is 196 cm³/mol. The van der Waals surface area contributed by atoms with Crippen LogP contribution in [0.4, 0.5) is 5.69 Å². The van der Waals surface area contributed by atoms with Crippen LogP contribution in [0, 0.1) is 0 Å². The van der Waals surface area contributed by atoms with Gasteiger partial charge in [-0.3, -0.25) is 4.90 Å². The Morgan fingerprint density at radius 2 is 1.75 bits per heavy atom. The molecule has 4 heterocycles. The third-order valence-corrected chi connectivity index (χ3v) is 11.5. The van der Waals surface area contributed by atoms with Gasteiger partial charge in [-0.1, -0.05) is 55.5 Å². The molecule has 1 aliphatic carbocycles. The van der Waals surface area contributed by atoms with Gasteiger partial charge in [0.1, 0.15) is 17.9 Å².